The number of hydrogen-bond donors (Lipinski definition) is 3. The van der Waals surface area contributed by atoms with Crippen LogP contribution in [0.5, 0.6) is 0 Å². The van der Waals surface area contributed by atoms with Crippen LogP contribution in [-0.2, 0) is 16.0 Å². The Bertz CT molecular complexity index is 679. The third-order valence-corrected chi connectivity index (χ3v) is 3.55. The van der Waals surface area contributed by atoms with Gasteiger partial charge in [-0.25, -0.2) is 0 Å². The molecule has 0 aliphatic carbocycles. The highest BCUT2D eigenvalue weighted by Gasteiger charge is 2.05. The predicted molar refractivity (Wildman–Crippen MR) is 96.9 cm³/mol. The Kier molecular flexibility index (Phi) is 6.51. The standard InChI is InChI=1S/C19H23N3O2/c1-14-4-6-15(7-5-14)13-19(24)22-17-10-8-16(9-11-17)21-18(23)3-2-12-20/h4-11H,2-3,12-13,20H2,1H3,(H,21,23)(H,22,24). The fourth-order valence-corrected chi connectivity index (χ4v) is 2.22. The first-order valence-electron chi connectivity index (χ1n) is 8.02. The van der Waals surface area contributed by atoms with Gasteiger partial charge >= 0.3 is 0 Å². The van der Waals surface area contributed by atoms with Crippen molar-refractivity contribution in [2.24, 2.45) is 5.73 Å². The van der Waals surface area contributed by atoms with Crippen LogP contribution in [0.15, 0.2) is 48.5 Å². The lowest BCUT2D eigenvalue weighted by Gasteiger charge is -2.08. The fourth-order valence-electron chi connectivity index (χ4n) is 2.22. The second kappa shape index (κ2) is 8.84. The summed E-state index contributed by atoms with van der Waals surface area (Å²) >= 11 is 0. The molecule has 0 aromatic heterocycles. The van der Waals surface area contributed by atoms with Gasteiger partial charge in [-0.05, 0) is 49.7 Å². The van der Waals surface area contributed by atoms with Crippen molar-refractivity contribution in [1.82, 2.24) is 0 Å². The molecule has 5 heteroatoms. The van der Waals surface area contributed by atoms with E-state index >= 15 is 0 Å². The van der Waals surface area contributed by atoms with Gasteiger partial charge in [-0.15, -0.1) is 0 Å². The molecule has 0 saturated carbocycles. The first-order chi connectivity index (χ1) is 11.6. The van der Waals surface area contributed by atoms with Gasteiger partial charge in [0.15, 0.2) is 0 Å². The number of carbonyl (C=O) groups is 2. The second-order valence-electron chi connectivity index (χ2n) is 5.73. The highest BCUT2D eigenvalue weighted by Crippen LogP contribution is 2.14. The van der Waals surface area contributed by atoms with Crippen molar-refractivity contribution < 1.29 is 9.59 Å². The van der Waals surface area contributed by atoms with Crippen LogP contribution in [-0.4, -0.2) is 18.4 Å². The van der Waals surface area contributed by atoms with Gasteiger partial charge in [0.2, 0.25) is 11.8 Å². The molecule has 0 saturated heterocycles. The number of carbonyl (C=O) groups excluding carboxylic acids is 2. The van der Waals surface area contributed by atoms with Crippen molar-refractivity contribution in [3.63, 3.8) is 0 Å². The van der Waals surface area contributed by atoms with Crippen molar-refractivity contribution in [2.75, 3.05) is 17.2 Å². The predicted octanol–water partition coefficient (Wildman–Crippen LogP) is 2.85. The van der Waals surface area contributed by atoms with Gasteiger partial charge in [-0.2, -0.15) is 0 Å². The van der Waals surface area contributed by atoms with E-state index < -0.39 is 0 Å². The van der Waals surface area contributed by atoms with Crippen molar-refractivity contribution in [3.8, 4) is 0 Å². The van der Waals surface area contributed by atoms with Crippen molar-refractivity contribution in [3.05, 3.63) is 59.7 Å². The van der Waals surface area contributed by atoms with Crippen molar-refractivity contribution in [1.29, 1.82) is 0 Å². The van der Waals surface area contributed by atoms with Crippen molar-refractivity contribution in [2.45, 2.75) is 26.2 Å². The zero-order chi connectivity index (χ0) is 17.4. The number of rotatable bonds is 7. The van der Waals surface area contributed by atoms with Crippen LogP contribution in [0.25, 0.3) is 0 Å². The maximum Gasteiger partial charge on any atom is 0.228 e. The molecule has 2 aromatic carbocycles. The molecule has 4 N–H and O–H groups in total. The Morgan fingerprint density at radius 2 is 1.42 bits per heavy atom. The molecular formula is C19H23N3O2. The molecule has 0 bridgehead atoms. The first kappa shape index (κ1) is 17.7. The van der Waals surface area contributed by atoms with Crippen LogP contribution < -0.4 is 16.4 Å². The number of aryl methyl sites for hydroxylation is 1. The smallest absolute Gasteiger partial charge is 0.228 e. The maximum atomic E-state index is 12.1. The molecule has 0 spiro atoms. The van der Waals surface area contributed by atoms with Gasteiger partial charge in [-0.3, -0.25) is 9.59 Å². The minimum absolute atomic E-state index is 0.0587. The van der Waals surface area contributed by atoms with E-state index in [1.807, 2.05) is 31.2 Å². The molecule has 24 heavy (non-hydrogen) atoms. The molecule has 0 unspecified atom stereocenters. The highest BCUT2D eigenvalue weighted by molar-refractivity contribution is 5.93. The Morgan fingerprint density at radius 3 is 1.96 bits per heavy atom. The molecule has 2 amide bonds. The van der Waals surface area contributed by atoms with E-state index in [4.69, 9.17) is 5.73 Å². The number of nitrogens with one attached hydrogen (secondary N) is 2. The molecule has 126 valence electrons. The summed E-state index contributed by atoms with van der Waals surface area (Å²) in [7, 11) is 0. The summed E-state index contributed by atoms with van der Waals surface area (Å²) in [5, 5.41) is 5.65. The zero-order valence-electron chi connectivity index (χ0n) is 13.8. The molecule has 0 atom stereocenters. The summed E-state index contributed by atoms with van der Waals surface area (Å²) in [5.74, 6) is -0.129. The monoisotopic (exact) mass is 325 g/mol. The summed E-state index contributed by atoms with van der Waals surface area (Å²) in [6, 6.07) is 15.0. The summed E-state index contributed by atoms with van der Waals surface area (Å²) < 4.78 is 0. The Labute approximate surface area is 142 Å². The Hall–Kier alpha value is -2.66. The molecule has 0 fully saturated rings. The molecule has 0 aliphatic heterocycles. The Morgan fingerprint density at radius 1 is 0.875 bits per heavy atom. The lowest BCUT2D eigenvalue weighted by Crippen LogP contribution is -2.15. The van der Waals surface area contributed by atoms with E-state index in [9.17, 15) is 9.59 Å². The van der Waals surface area contributed by atoms with E-state index in [1.54, 1.807) is 24.3 Å². The van der Waals surface area contributed by atoms with E-state index in [1.165, 1.54) is 5.56 Å². The fraction of sp³-hybridized carbons (Fsp3) is 0.263. The lowest BCUT2D eigenvalue weighted by atomic mass is 10.1. The average molecular weight is 325 g/mol. The van der Waals surface area contributed by atoms with Crippen LogP contribution >= 0.6 is 0 Å². The summed E-state index contributed by atoms with van der Waals surface area (Å²) in [5.41, 5.74) is 8.93. The van der Waals surface area contributed by atoms with E-state index in [0.29, 0.717) is 37.2 Å². The number of amides is 2. The average Bonchev–Trinajstić information content (AvgIpc) is 2.57. The van der Waals surface area contributed by atoms with Crippen LogP contribution in [0.4, 0.5) is 11.4 Å². The number of benzene rings is 2. The highest BCUT2D eigenvalue weighted by atomic mass is 16.2. The summed E-state index contributed by atoms with van der Waals surface area (Å²) in [4.78, 5) is 23.7. The first-order valence-corrected chi connectivity index (χ1v) is 8.02. The SMILES string of the molecule is Cc1ccc(CC(=O)Nc2ccc(NC(=O)CCCN)cc2)cc1. The Balaban J connectivity index is 1.85. The molecule has 0 radical (unpaired) electrons. The van der Waals surface area contributed by atoms with Gasteiger partial charge in [0, 0.05) is 17.8 Å². The van der Waals surface area contributed by atoms with Crippen LogP contribution in [0.3, 0.4) is 0 Å². The van der Waals surface area contributed by atoms with Gasteiger partial charge in [0.25, 0.3) is 0 Å². The molecule has 0 aliphatic rings. The van der Waals surface area contributed by atoms with Gasteiger partial charge < -0.3 is 16.4 Å². The summed E-state index contributed by atoms with van der Waals surface area (Å²) in [6.45, 7) is 2.51. The quantitative estimate of drug-likeness (QED) is 0.732. The number of nitrogens with two attached hydrogens (primary N) is 1. The molecule has 2 aromatic rings. The van der Waals surface area contributed by atoms with E-state index in [2.05, 4.69) is 10.6 Å². The maximum absolute atomic E-state index is 12.1. The third kappa shape index (κ3) is 5.85. The normalized spacial score (nSPS) is 10.2. The largest absolute Gasteiger partial charge is 0.330 e. The van der Waals surface area contributed by atoms with Crippen molar-refractivity contribution >= 4 is 23.2 Å². The van der Waals surface area contributed by atoms with Gasteiger partial charge in [0.1, 0.15) is 0 Å². The van der Waals surface area contributed by atoms with E-state index in [-0.39, 0.29) is 11.8 Å². The minimum atomic E-state index is -0.0708. The zero-order valence-corrected chi connectivity index (χ0v) is 13.8. The second-order valence-corrected chi connectivity index (χ2v) is 5.73. The van der Waals surface area contributed by atoms with Gasteiger partial charge in [0.05, 0.1) is 6.42 Å². The van der Waals surface area contributed by atoms with Crippen LogP contribution in [0.1, 0.15) is 24.0 Å². The lowest BCUT2D eigenvalue weighted by molar-refractivity contribution is -0.116. The minimum Gasteiger partial charge on any atom is -0.330 e. The molecule has 5 nitrogen and oxygen atoms in total. The van der Waals surface area contributed by atoms with Crippen LogP contribution in [0, 0.1) is 6.92 Å². The molecule has 2 rings (SSSR count). The molecule has 0 heterocycles. The topological polar surface area (TPSA) is 84.2 Å². The molecular weight excluding hydrogens is 302 g/mol. The van der Waals surface area contributed by atoms with Gasteiger partial charge in [-0.1, -0.05) is 29.8 Å². The summed E-state index contributed by atoms with van der Waals surface area (Å²) in [6.07, 6.45) is 1.41. The van der Waals surface area contributed by atoms with E-state index in [0.717, 1.165) is 5.56 Å². The third-order valence-electron chi connectivity index (χ3n) is 3.55. The van der Waals surface area contributed by atoms with Crippen LogP contribution in [0.2, 0.25) is 0 Å². The number of hydrogen-bond acceptors (Lipinski definition) is 3. The number of anilines is 2.